The zero-order valence-electron chi connectivity index (χ0n) is 12.8. The van der Waals surface area contributed by atoms with Gasteiger partial charge in [-0.25, -0.2) is 4.79 Å². The van der Waals surface area contributed by atoms with Gasteiger partial charge in [-0.15, -0.1) is 0 Å². The Morgan fingerprint density at radius 3 is 2.54 bits per heavy atom. The lowest BCUT2D eigenvalue weighted by molar-refractivity contribution is -0.137. The first-order chi connectivity index (χ1) is 11.4. The topological polar surface area (TPSA) is 30.7 Å². The van der Waals surface area contributed by atoms with Gasteiger partial charge in [0.1, 0.15) is 0 Å². The minimum absolute atomic E-state index is 0.0155. The first-order valence-corrected chi connectivity index (χ1v) is 7.37. The van der Waals surface area contributed by atoms with E-state index in [0.717, 1.165) is 6.07 Å². The fraction of sp³-hybridized carbons (Fsp3) is 0.167. The van der Waals surface area contributed by atoms with Crippen molar-refractivity contribution in [3.05, 3.63) is 65.9 Å². The van der Waals surface area contributed by atoms with Gasteiger partial charge in [-0.1, -0.05) is 24.3 Å². The Bertz CT molecular complexity index is 897. The number of hydrogen-bond donors (Lipinski definition) is 0. The molecule has 2 heterocycles. The van der Waals surface area contributed by atoms with E-state index in [-0.39, 0.29) is 17.7 Å². The maximum atomic E-state index is 13.3. The van der Waals surface area contributed by atoms with Crippen LogP contribution >= 0.6 is 0 Å². The van der Waals surface area contributed by atoms with Gasteiger partial charge >= 0.3 is 12.1 Å². The van der Waals surface area contributed by atoms with E-state index in [0.29, 0.717) is 11.2 Å². The van der Waals surface area contributed by atoms with Crippen molar-refractivity contribution in [3.8, 4) is 11.3 Å². The lowest BCUT2D eigenvalue weighted by atomic mass is 10.0. The number of fused-ring (bicyclic) bond motifs is 1. The molecule has 0 unspecified atom stereocenters. The predicted octanol–water partition coefficient (Wildman–Crippen LogP) is 4.80. The Morgan fingerprint density at radius 1 is 1.12 bits per heavy atom. The lowest BCUT2D eigenvalue weighted by Gasteiger charge is -2.12. The Balaban J connectivity index is 2.28. The number of hydrogen-bond acceptors (Lipinski definition) is 2. The molecule has 1 aromatic carbocycles. The van der Waals surface area contributed by atoms with E-state index in [9.17, 15) is 18.0 Å². The average Bonchev–Trinajstić information content (AvgIpc) is 2.94. The molecule has 0 saturated carbocycles. The third-order valence-corrected chi connectivity index (χ3v) is 3.68. The van der Waals surface area contributed by atoms with Gasteiger partial charge in [-0.2, -0.15) is 13.2 Å². The molecule has 0 N–H and O–H groups in total. The lowest BCUT2D eigenvalue weighted by Crippen LogP contribution is -2.07. The molecule has 124 valence electrons. The molecule has 0 saturated heterocycles. The van der Waals surface area contributed by atoms with Crippen molar-refractivity contribution in [2.45, 2.75) is 13.1 Å². The summed E-state index contributed by atoms with van der Waals surface area (Å²) in [6.07, 6.45) is -2.86. The largest absolute Gasteiger partial charge is 0.462 e. The number of halogens is 3. The maximum Gasteiger partial charge on any atom is 0.417 e. The first kappa shape index (κ1) is 16.1. The number of alkyl halides is 3. The number of nitrogens with zero attached hydrogens (tertiary/aromatic N) is 1. The molecule has 0 fully saturated rings. The fourth-order valence-electron chi connectivity index (χ4n) is 2.69. The summed E-state index contributed by atoms with van der Waals surface area (Å²) in [5.41, 5.74) is 0.305. The van der Waals surface area contributed by atoms with Gasteiger partial charge in [0.25, 0.3) is 0 Å². The molecule has 0 spiro atoms. The van der Waals surface area contributed by atoms with Crippen LogP contribution in [0.15, 0.2) is 54.7 Å². The highest BCUT2D eigenvalue weighted by atomic mass is 19.4. The van der Waals surface area contributed by atoms with E-state index < -0.39 is 17.7 Å². The Hall–Kier alpha value is -2.76. The molecule has 0 amide bonds. The highest BCUT2D eigenvalue weighted by Crippen LogP contribution is 2.38. The van der Waals surface area contributed by atoms with Gasteiger partial charge in [0, 0.05) is 11.8 Å². The number of ether oxygens (including phenoxy) is 1. The monoisotopic (exact) mass is 333 g/mol. The highest BCUT2D eigenvalue weighted by Gasteiger charge is 2.34. The number of carbonyl (C=O) groups excluding carboxylic acids is 1. The molecule has 3 nitrogen and oxygen atoms in total. The molecule has 2 aromatic heterocycles. The van der Waals surface area contributed by atoms with E-state index >= 15 is 0 Å². The van der Waals surface area contributed by atoms with Crippen molar-refractivity contribution >= 4 is 11.5 Å². The molecule has 3 rings (SSSR count). The van der Waals surface area contributed by atoms with Crippen LogP contribution < -0.4 is 0 Å². The number of rotatable bonds is 3. The maximum absolute atomic E-state index is 13.3. The third kappa shape index (κ3) is 2.75. The van der Waals surface area contributed by atoms with Gasteiger partial charge in [0.15, 0.2) is 0 Å². The summed E-state index contributed by atoms with van der Waals surface area (Å²) < 4.78 is 46.5. The SMILES string of the molecule is CCOC(=O)c1cc(-c2ccccc2C(F)(F)F)n2ccccc12. The molecular weight excluding hydrogens is 319 g/mol. The Labute approximate surface area is 136 Å². The van der Waals surface area contributed by atoms with Gasteiger partial charge < -0.3 is 9.14 Å². The third-order valence-electron chi connectivity index (χ3n) is 3.68. The molecule has 0 aliphatic heterocycles. The van der Waals surface area contributed by atoms with Crippen LogP contribution in [-0.2, 0) is 10.9 Å². The number of carbonyl (C=O) groups is 1. The number of esters is 1. The zero-order chi connectivity index (χ0) is 17.3. The van der Waals surface area contributed by atoms with Crippen LogP contribution in [0, 0.1) is 0 Å². The smallest absolute Gasteiger partial charge is 0.417 e. The van der Waals surface area contributed by atoms with Crippen LogP contribution in [0.2, 0.25) is 0 Å². The zero-order valence-corrected chi connectivity index (χ0v) is 12.8. The van der Waals surface area contributed by atoms with E-state index in [1.165, 1.54) is 24.3 Å². The molecule has 3 aromatic rings. The molecule has 0 aliphatic carbocycles. The van der Waals surface area contributed by atoms with Crippen molar-refractivity contribution in [2.75, 3.05) is 6.61 Å². The molecule has 24 heavy (non-hydrogen) atoms. The summed E-state index contributed by atoms with van der Waals surface area (Å²) in [4.78, 5) is 12.1. The van der Waals surface area contributed by atoms with E-state index in [1.807, 2.05) is 0 Å². The number of pyridine rings is 1. The van der Waals surface area contributed by atoms with Crippen LogP contribution in [0.3, 0.4) is 0 Å². The van der Waals surface area contributed by atoms with Gasteiger partial charge in [0.05, 0.1) is 28.9 Å². The van der Waals surface area contributed by atoms with Crippen LogP contribution in [-0.4, -0.2) is 17.0 Å². The van der Waals surface area contributed by atoms with E-state index in [4.69, 9.17) is 4.74 Å². The minimum Gasteiger partial charge on any atom is -0.462 e. The van der Waals surface area contributed by atoms with Crippen molar-refractivity contribution in [3.63, 3.8) is 0 Å². The summed E-state index contributed by atoms with van der Waals surface area (Å²) in [5.74, 6) is -0.558. The van der Waals surface area contributed by atoms with Crippen LogP contribution in [0.25, 0.3) is 16.8 Å². The summed E-state index contributed by atoms with van der Waals surface area (Å²) in [6, 6.07) is 11.8. The van der Waals surface area contributed by atoms with E-state index in [2.05, 4.69) is 0 Å². The predicted molar refractivity (Wildman–Crippen MR) is 83.8 cm³/mol. The summed E-state index contributed by atoms with van der Waals surface area (Å²) in [5, 5.41) is 0. The second-order valence-electron chi connectivity index (χ2n) is 5.16. The summed E-state index contributed by atoms with van der Waals surface area (Å²) in [6.45, 7) is 1.87. The summed E-state index contributed by atoms with van der Waals surface area (Å²) >= 11 is 0. The van der Waals surface area contributed by atoms with Crippen LogP contribution in [0.1, 0.15) is 22.8 Å². The molecule has 0 atom stereocenters. The number of aromatic nitrogens is 1. The van der Waals surface area contributed by atoms with Crippen LogP contribution in [0.5, 0.6) is 0 Å². The second-order valence-corrected chi connectivity index (χ2v) is 5.16. The van der Waals surface area contributed by atoms with Crippen LogP contribution in [0.4, 0.5) is 13.2 Å². The van der Waals surface area contributed by atoms with Gasteiger partial charge in [-0.05, 0) is 31.2 Å². The quantitative estimate of drug-likeness (QED) is 0.645. The van der Waals surface area contributed by atoms with Gasteiger partial charge in [0.2, 0.25) is 0 Å². The van der Waals surface area contributed by atoms with Crippen molar-refractivity contribution in [2.24, 2.45) is 0 Å². The fourth-order valence-corrected chi connectivity index (χ4v) is 2.69. The Kier molecular flexibility index (Phi) is 4.05. The molecule has 6 heteroatoms. The van der Waals surface area contributed by atoms with E-state index in [1.54, 1.807) is 35.7 Å². The molecule has 0 aliphatic rings. The average molecular weight is 333 g/mol. The molecular formula is C18H14F3NO2. The van der Waals surface area contributed by atoms with Crippen molar-refractivity contribution in [1.29, 1.82) is 0 Å². The molecule has 0 bridgehead atoms. The number of benzene rings is 1. The first-order valence-electron chi connectivity index (χ1n) is 7.37. The van der Waals surface area contributed by atoms with Crippen molar-refractivity contribution < 1.29 is 22.7 Å². The second kappa shape index (κ2) is 6.03. The minimum atomic E-state index is -4.49. The standard InChI is InChI=1S/C18H14F3NO2/c1-2-24-17(23)13-11-16(22-10-6-5-9-15(13)22)12-7-3-4-8-14(12)18(19,20)21/h3-11H,2H2,1H3. The van der Waals surface area contributed by atoms with Crippen molar-refractivity contribution in [1.82, 2.24) is 4.40 Å². The molecule has 0 radical (unpaired) electrons. The summed E-state index contributed by atoms with van der Waals surface area (Å²) in [7, 11) is 0. The Morgan fingerprint density at radius 2 is 1.83 bits per heavy atom. The van der Waals surface area contributed by atoms with Gasteiger partial charge in [-0.3, -0.25) is 0 Å². The normalized spacial score (nSPS) is 11.7. The highest BCUT2D eigenvalue weighted by molar-refractivity contribution is 5.99.